The number of nitrogens with one attached hydrogen (secondary N) is 2. The van der Waals surface area contributed by atoms with E-state index in [9.17, 15) is 8.42 Å². The van der Waals surface area contributed by atoms with Crippen molar-refractivity contribution in [3.8, 4) is 0 Å². The number of H-pyrrole nitrogens is 1. The Labute approximate surface area is 145 Å². The zero-order valence-electron chi connectivity index (χ0n) is 14.1. The summed E-state index contributed by atoms with van der Waals surface area (Å²) < 4.78 is 33.8. The number of aromatic nitrogens is 4. The molecule has 0 aliphatic rings. The predicted octanol–water partition coefficient (Wildman–Crippen LogP) is 1.98. The van der Waals surface area contributed by atoms with Gasteiger partial charge < -0.3 is 4.42 Å². The van der Waals surface area contributed by atoms with Crippen molar-refractivity contribution < 1.29 is 12.8 Å². The van der Waals surface area contributed by atoms with Gasteiger partial charge in [-0.1, -0.05) is 30.3 Å². The van der Waals surface area contributed by atoms with Gasteiger partial charge in [-0.2, -0.15) is 9.82 Å². The lowest BCUT2D eigenvalue weighted by Crippen LogP contribution is -2.31. The zero-order chi connectivity index (χ0) is 18.0. The largest absolute Gasteiger partial charge is 0.424 e. The minimum Gasteiger partial charge on any atom is -0.424 e. The van der Waals surface area contributed by atoms with E-state index in [0.717, 1.165) is 5.56 Å². The van der Waals surface area contributed by atoms with E-state index in [4.69, 9.17) is 4.42 Å². The molecule has 0 radical (unpaired) electrons. The summed E-state index contributed by atoms with van der Waals surface area (Å²) in [5, 5.41) is 14.4. The molecule has 0 aliphatic heterocycles. The van der Waals surface area contributed by atoms with E-state index in [1.807, 2.05) is 30.3 Å². The highest BCUT2D eigenvalue weighted by Gasteiger charge is 2.29. The van der Waals surface area contributed by atoms with Gasteiger partial charge in [0, 0.05) is 6.92 Å². The van der Waals surface area contributed by atoms with Crippen LogP contribution in [0.4, 0.5) is 0 Å². The van der Waals surface area contributed by atoms with Gasteiger partial charge in [0.2, 0.25) is 21.8 Å². The zero-order valence-corrected chi connectivity index (χ0v) is 15.0. The molecule has 0 amide bonds. The summed E-state index contributed by atoms with van der Waals surface area (Å²) in [7, 11) is -3.81. The normalized spacial score (nSPS) is 13.1. The molecule has 0 saturated heterocycles. The third-order valence-corrected chi connectivity index (χ3v) is 5.48. The molecule has 1 unspecified atom stereocenters. The number of rotatable bonds is 6. The first kappa shape index (κ1) is 17.3. The lowest BCUT2D eigenvalue weighted by atomic mass is 10.1. The summed E-state index contributed by atoms with van der Waals surface area (Å²) in [6.45, 7) is 4.97. The molecule has 25 heavy (non-hydrogen) atoms. The monoisotopic (exact) mass is 361 g/mol. The Hall–Kier alpha value is -2.52. The van der Waals surface area contributed by atoms with E-state index in [0.29, 0.717) is 23.7 Å². The van der Waals surface area contributed by atoms with Crippen molar-refractivity contribution in [2.45, 2.75) is 38.1 Å². The Kier molecular flexibility index (Phi) is 4.69. The van der Waals surface area contributed by atoms with Crippen LogP contribution < -0.4 is 4.72 Å². The summed E-state index contributed by atoms with van der Waals surface area (Å²) in [5.41, 5.74) is 1.84. The predicted molar refractivity (Wildman–Crippen MR) is 90.3 cm³/mol. The first-order valence-electron chi connectivity index (χ1n) is 7.74. The summed E-state index contributed by atoms with van der Waals surface area (Å²) in [5.74, 6) is 0.603. The van der Waals surface area contributed by atoms with Gasteiger partial charge in [0.25, 0.3) is 0 Å². The van der Waals surface area contributed by atoms with E-state index >= 15 is 0 Å². The molecule has 3 aromatic rings. The van der Waals surface area contributed by atoms with Gasteiger partial charge in [0.15, 0.2) is 0 Å². The molecule has 0 fully saturated rings. The summed E-state index contributed by atoms with van der Waals surface area (Å²) in [6, 6.07) is 8.84. The number of benzene rings is 1. The highest BCUT2D eigenvalue weighted by atomic mass is 32.2. The van der Waals surface area contributed by atoms with Gasteiger partial charge in [-0.05, 0) is 25.8 Å². The first-order chi connectivity index (χ1) is 11.9. The Balaban J connectivity index is 1.95. The van der Waals surface area contributed by atoms with Crippen LogP contribution in [0.2, 0.25) is 0 Å². The average Bonchev–Trinajstić information content (AvgIpc) is 3.13. The van der Waals surface area contributed by atoms with E-state index in [1.165, 1.54) is 0 Å². The van der Waals surface area contributed by atoms with Crippen LogP contribution in [0.25, 0.3) is 0 Å². The standard InChI is InChI=1S/C16H19N5O3S/c1-10-15(11(2)18-17-10)25(22,23)21-14(16-20-19-12(3)24-16)9-13-7-5-4-6-8-13/h4-8,14,21H,9H2,1-3H3,(H,17,18). The van der Waals surface area contributed by atoms with Crippen LogP contribution in [0.15, 0.2) is 39.6 Å². The van der Waals surface area contributed by atoms with E-state index < -0.39 is 16.1 Å². The molecule has 3 rings (SSSR count). The highest BCUT2D eigenvalue weighted by Crippen LogP contribution is 2.23. The number of nitrogens with zero attached hydrogens (tertiary/aromatic N) is 3. The van der Waals surface area contributed by atoms with E-state index in [2.05, 4.69) is 25.1 Å². The van der Waals surface area contributed by atoms with Gasteiger partial charge in [-0.25, -0.2) is 8.42 Å². The van der Waals surface area contributed by atoms with Gasteiger partial charge in [-0.15, -0.1) is 10.2 Å². The summed E-state index contributed by atoms with van der Waals surface area (Å²) in [6.07, 6.45) is 0.387. The lowest BCUT2D eigenvalue weighted by molar-refractivity contribution is 0.411. The third kappa shape index (κ3) is 3.77. The fourth-order valence-electron chi connectivity index (χ4n) is 2.66. The van der Waals surface area contributed by atoms with Crippen LogP contribution in [0.3, 0.4) is 0 Å². The van der Waals surface area contributed by atoms with Gasteiger partial charge in [0.05, 0.1) is 11.4 Å². The quantitative estimate of drug-likeness (QED) is 0.694. The van der Waals surface area contributed by atoms with Crippen molar-refractivity contribution in [1.82, 2.24) is 25.1 Å². The molecule has 1 aromatic carbocycles. The van der Waals surface area contributed by atoms with Crippen LogP contribution in [0, 0.1) is 20.8 Å². The fourth-order valence-corrected chi connectivity index (χ4v) is 4.22. The number of aromatic amines is 1. The maximum atomic E-state index is 12.9. The Morgan fingerprint density at radius 2 is 1.88 bits per heavy atom. The van der Waals surface area contributed by atoms with E-state index in [1.54, 1.807) is 20.8 Å². The molecule has 0 bridgehead atoms. The Morgan fingerprint density at radius 3 is 2.44 bits per heavy atom. The highest BCUT2D eigenvalue weighted by molar-refractivity contribution is 7.89. The topological polar surface area (TPSA) is 114 Å². The number of aryl methyl sites for hydroxylation is 3. The molecule has 2 aromatic heterocycles. The molecule has 0 spiro atoms. The summed E-state index contributed by atoms with van der Waals surface area (Å²) >= 11 is 0. The van der Waals surface area contributed by atoms with Crippen LogP contribution >= 0.6 is 0 Å². The second-order valence-electron chi connectivity index (χ2n) is 5.79. The Morgan fingerprint density at radius 1 is 1.16 bits per heavy atom. The molecule has 132 valence electrons. The van der Waals surface area contributed by atoms with Gasteiger partial charge in [-0.3, -0.25) is 5.10 Å². The minimum absolute atomic E-state index is 0.141. The Bertz CT molecular complexity index is 943. The first-order valence-corrected chi connectivity index (χ1v) is 9.23. The summed E-state index contributed by atoms with van der Waals surface area (Å²) in [4.78, 5) is 0.141. The number of sulfonamides is 1. The van der Waals surface area contributed by atoms with Crippen LogP contribution in [-0.2, 0) is 16.4 Å². The number of hydrogen-bond donors (Lipinski definition) is 2. The molecule has 9 heteroatoms. The molecule has 0 saturated carbocycles. The van der Waals surface area contributed by atoms with Crippen molar-refractivity contribution in [3.63, 3.8) is 0 Å². The molecule has 8 nitrogen and oxygen atoms in total. The molecule has 2 heterocycles. The van der Waals surface area contributed by atoms with Crippen molar-refractivity contribution in [2.75, 3.05) is 0 Å². The lowest BCUT2D eigenvalue weighted by Gasteiger charge is -2.16. The third-order valence-electron chi connectivity index (χ3n) is 3.75. The van der Waals surface area contributed by atoms with Crippen LogP contribution in [0.1, 0.15) is 34.8 Å². The second kappa shape index (κ2) is 6.77. The average molecular weight is 361 g/mol. The van der Waals surface area contributed by atoms with Crippen molar-refractivity contribution in [2.24, 2.45) is 0 Å². The van der Waals surface area contributed by atoms with Crippen molar-refractivity contribution in [3.05, 3.63) is 59.1 Å². The smallest absolute Gasteiger partial charge is 0.244 e. The van der Waals surface area contributed by atoms with Crippen LogP contribution in [-0.4, -0.2) is 28.8 Å². The molecule has 1 atom stereocenters. The maximum Gasteiger partial charge on any atom is 0.244 e. The fraction of sp³-hybridized carbons (Fsp3) is 0.312. The SMILES string of the molecule is Cc1nnc(C(Cc2ccccc2)NS(=O)(=O)c2c(C)n[nH]c2C)o1. The van der Waals surface area contributed by atoms with Gasteiger partial charge >= 0.3 is 0 Å². The van der Waals surface area contributed by atoms with Crippen LogP contribution in [0.5, 0.6) is 0 Å². The van der Waals surface area contributed by atoms with Gasteiger partial charge in [0.1, 0.15) is 10.9 Å². The van der Waals surface area contributed by atoms with Crippen molar-refractivity contribution in [1.29, 1.82) is 0 Å². The molecule has 0 aliphatic carbocycles. The molecule has 2 N–H and O–H groups in total. The molecular formula is C16H19N5O3S. The molecular weight excluding hydrogens is 342 g/mol. The number of hydrogen-bond acceptors (Lipinski definition) is 6. The maximum absolute atomic E-state index is 12.9. The second-order valence-corrected chi connectivity index (χ2v) is 7.44. The van der Waals surface area contributed by atoms with E-state index in [-0.39, 0.29) is 10.8 Å². The minimum atomic E-state index is -3.81. The van der Waals surface area contributed by atoms with Crippen molar-refractivity contribution >= 4 is 10.0 Å².